The largest absolute Gasteiger partial charge is 0.461 e. The van der Waals surface area contributed by atoms with Crippen molar-refractivity contribution in [1.82, 2.24) is 0 Å². The van der Waals surface area contributed by atoms with Crippen LogP contribution in [0.2, 0.25) is 0 Å². The van der Waals surface area contributed by atoms with Gasteiger partial charge in [0, 0.05) is 23.4 Å². The van der Waals surface area contributed by atoms with Crippen molar-refractivity contribution >= 4 is 11.0 Å². The van der Waals surface area contributed by atoms with Crippen LogP contribution in [0, 0.1) is 0 Å². The summed E-state index contributed by atoms with van der Waals surface area (Å²) in [5.74, 6) is 1.03. The van der Waals surface area contributed by atoms with Crippen molar-refractivity contribution in [2.24, 2.45) is 5.73 Å². The zero-order valence-electron chi connectivity index (χ0n) is 9.29. The summed E-state index contributed by atoms with van der Waals surface area (Å²) < 4.78 is 5.79. The Bertz CT molecular complexity index is 459. The molecule has 0 unspecified atom stereocenters. The van der Waals surface area contributed by atoms with Gasteiger partial charge in [-0.2, -0.15) is 0 Å². The lowest BCUT2D eigenvalue weighted by molar-refractivity contribution is 0.538. The summed E-state index contributed by atoms with van der Waals surface area (Å²) in [7, 11) is 0. The lowest BCUT2D eigenvalue weighted by Gasteiger charge is -2.08. The molecule has 0 spiro atoms. The van der Waals surface area contributed by atoms with Crippen LogP contribution in [0.1, 0.15) is 37.6 Å². The number of furan rings is 1. The Hall–Kier alpha value is -1.28. The van der Waals surface area contributed by atoms with E-state index in [2.05, 4.69) is 19.9 Å². The molecule has 2 nitrogen and oxygen atoms in total. The van der Waals surface area contributed by atoms with Crippen LogP contribution in [0.15, 0.2) is 28.7 Å². The number of para-hydroxylation sites is 1. The van der Waals surface area contributed by atoms with E-state index in [1.807, 2.05) is 18.2 Å². The number of hydrogen-bond acceptors (Lipinski definition) is 2. The topological polar surface area (TPSA) is 39.2 Å². The van der Waals surface area contributed by atoms with Gasteiger partial charge in [-0.15, -0.1) is 0 Å². The zero-order chi connectivity index (χ0) is 10.8. The van der Waals surface area contributed by atoms with E-state index in [1.165, 1.54) is 10.9 Å². The standard InChI is InChI=1S/C13H17NO/c1-3-10(14)13-9-7-5-6-8-12(9)15-11(13)4-2/h5-8,10H,3-4,14H2,1-2H3/t10-/m0/s1. The first-order chi connectivity index (χ1) is 7.27. The van der Waals surface area contributed by atoms with E-state index in [4.69, 9.17) is 10.2 Å². The molecule has 2 rings (SSSR count). The van der Waals surface area contributed by atoms with Crippen molar-refractivity contribution in [3.8, 4) is 0 Å². The fourth-order valence-electron chi connectivity index (χ4n) is 1.99. The van der Waals surface area contributed by atoms with Crippen LogP contribution >= 0.6 is 0 Å². The first-order valence-corrected chi connectivity index (χ1v) is 5.53. The van der Waals surface area contributed by atoms with Crippen LogP contribution < -0.4 is 5.73 Å². The first kappa shape index (κ1) is 10.2. The lowest BCUT2D eigenvalue weighted by Crippen LogP contribution is -2.09. The molecule has 0 saturated carbocycles. The van der Waals surface area contributed by atoms with Gasteiger partial charge < -0.3 is 10.2 Å². The smallest absolute Gasteiger partial charge is 0.134 e. The Morgan fingerprint density at radius 2 is 2.00 bits per heavy atom. The Kier molecular flexibility index (Phi) is 2.78. The minimum atomic E-state index is 0.0867. The Balaban J connectivity index is 2.66. The molecule has 0 aliphatic carbocycles. The van der Waals surface area contributed by atoms with Gasteiger partial charge in [-0.25, -0.2) is 0 Å². The van der Waals surface area contributed by atoms with E-state index in [1.54, 1.807) is 0 Å². The normalized spacial score (nSPS) is 13.3. The number of hydrogen-bond donors (Lipinski definition) is 1. The number of aryl methyl sites for hydroxylation is 1. The predicted octanol–water partition coefficient (Wildman–Crippen LogP) is 3.41. The average molecular weight is 203 g/mol. The first-order valence-electron chi connectivity index (χ1n) is 5.53. The molecule has 0 saturated heterocycles. The number of rotatable bonds is 3. The van der Waals surface area contributed by atoms with E-state index in [9.17, 15) is 0 Å². The minimum Gasteiger partial charge on any atom is -0.461 e. The number of fused-ring (bicyclic) bond motifs is 1. The third-order valence-corrected chi connectivity index (χ3v) is 2.84. The van der Waals surface area contributed by atoms with E-state index < -0.39 is 0 Å². The molecule has 1 heterocycles. The monoisotopic (exact) mass is 203 g/mol. The molecule has 15 heavy (non-hydrogen) atoms. The molecule has 0 radical (unpaired) electrons. The van der Waals surface area contributed by atoms with E-state index in [-0.39, 0.29) is 6.04 Å². The number of benzene rings is 1. The summed E-state index contributed by atoms with van der Waals surface area (Å²) in [4.78, 5) is 0. The van der Waals surface area contributed by atoms with Gasteiger partial charge in [-0.05, 0) is 12.5 Å². The van der Waals surface area contributed by atoms with Crippen molar-refractivity contribution in [2.45, 2.75) is 32.7 Å². The quantitative estimate of drug-likeness (QED) is 0.830. The molecule has 1 aromatic carbocycles. The predicted molar refractivity (Wildman–Crippen MR) is 62.8 cm³/mol. The second kappa shape index (κ2) is 4.07. The molecule has 0 aliphatic heterocycles. The maximum absolute atomic E-state index is 6.12. The van der Waals surface area contributed by atoms with Gasteiger partial charge in [-0.3, -0.25) is 0 Å². The highest BCUT2D eigenvalue weighted by Gasteiger charge is 2.16. The number of nitrogens with two attached hydrogens (primary N) is 1. The van der Waals surface area contributed by atoms with Crippen molar-refractivity contribution in [2.75, 3.05) is 0 Å². The molecular weight excluding hydrogens is 186 g/mol. The van der Waals surface area contributed by atoms with Crippen LogP contribution in [0.4, 0.5) is 0 Å². The van der Waals surface area contributed by atoms with Crippen molar-refractivity contribution < 1.29 is 4.42 Å². The summed E-state index contributed by atoms with van der Waals surface area (Å²) in [5.41, 5.74) is 8.26. The second-order valence-electron chi connectivity index (χ2n) is 3.80. The molecule has 80 valence electrons. The van der Waals surface area contributed by atoms with Crippen LogP contribution in [0.3, 0.4) is 0 Å². The van der Waals surface area contributed by atoms with Crippen molar-refractivity contribution in [3.05, 3.63) is 35.6 Å². The summed E-state index contributed by atoms with van der Waals surface area (Å²) >= 11 is 0. The molecule has 0 aliphatic rings. The Labute approximate surface area is 90.1 Å². The second-order valence-corrected chi connectivity index (χ2v) is 3.80. The highest BCUT2D eigenvalue weighted by atomic mass is 16.3. The van der Waals surface area contributed by atoms with Crippen molar-refractivity contribution in [1.29, 1.82) is 0 Å². The van der Waals surface area contributed by atoms with Crippen LogP contribution in [0.5, 0.6) is 0 Å². The van der Waals surface area contributed by atoms with Crippen molar-refractivity contribution in [3.63, 3.8) is 0 Å². The van der Waals surface area contributed by atoms with Gasteiger partial charge in [0.15, 0.2) is 0 Å². The molecule has 2 N–H and O–H groups in total. The van der Waals surface area contributed by atoms with Gasteiger partial charge in [-0.1, -0.05) is 32.0 Å². The molecular formula is C13H17NO. The Morgan fingerprint density at radius 3 is 2.67 bits per heavy atom. The summed E-state index contributed by atoms with van der Waals surface area (Å²) in [6.07, 6.45) is 1.84. The molecule has 0 bridgehead atoms. The molecule has 0 fully saturated rings. The molecule has 1 atom stereocenters. The third-order valence-electron chi connectivity index (χ3n) is 2.84. The zero-order valence-corrected chi connectivity index (χ0v) is 9.29. The molecule has 2 aromatic rings. The van der Waals surface area contributed by atoms with E-state index in [0.29, 0.717) is 0 Å². The maximum Gasteiger partial charge on any atom is 0.134 e. The third kappa shape index (κ3) is 1.65. The average Bonchev–Trinajstić information content (AvgIpc) is 2.66. The SMILES string of the molecule is CCc1oc2ccccc2c1[C@@H](N)CC. The van der Waals surface area contributed by atoms with Crippen LogP contribution in [0.25, 0.3) is 11.0 Å². The van der Waals surface area contributed by atoms with Gasteiger partial charge in [0.1, 0.15) is 11.3 Å². The van der Waals surface area contributed by atoms with E-state index >= 15 is 0 Å². The van der Waals surface area contributed by atoms with Crippen LogP contribution in [-0.2, 0) is 6.42 Å². The Morgan fingerprint density at radius 1 is 1.27 bits per heavy atom. The van der Waals surface area contributed by atoms with Gasteiger partial charge in [0.05, 0.1) is 0 Å². The van der Waals surface area contributed by atoms with Gasteiger partial charge in [0.25, 0.3) is 0 Å². The van der Waals surface area contributed by atoms with E-state index in [0.717, 1.165) is 24.2 Å². The fourth-order valence-corrected chi connectivity index (χ4v) is 1.99. The highest BCUT2D eigenvalue weighted by molar-refractivity contribution is 5.82. The molecule has 2 heteroatoms. The van der Waals surface area contributed by atoms with Crippen LogP contribution in [-0.4, -0.2) is 0 Å². The fraction of sp³-hybridized carbons (Fsp3) is 0.385. The minimum absolute atomic E-state index is 0.0867. The summed E-state index contributed by atoms with van der Waals surface area (Å²) in [6.45, 7) is 4.20. The molecule has 1 aromatic heterocycles. The summed E-state index contributed by atoms with van der Waals surface area (Å²) in [5, 5.41) is 1.17. The van der Waals surface area contributed by atoms with Gasteiger partial charge in [0.2, 0.25) is 0 Å². The van der Waals surface area contributed by atoms with Gasteiger partial charge >= 0.3 is 0 Å². The molecule has 0 amide bonds. The summed E-state index contributed by atoms with van der Waals surface area (Å²) in [6, 6.07) is 8.20. The highest BCUT2D eigenvalue weighted by Crippen LogP contribution is 2.31. The lowest BCUT2D eigenvalue weighted by atomic mass is 10.0. The maximum atomic E-state index is 6.12.